The van der Waals surface area contributed by atoms with Gasteiger partial charge in [0.1, 0.15) is 11.4 Å². The Kier molecular flexibility index (Phi) is 6.71. The first-order valence-electron chi connectivity index (χ1n) is 11.0. The van der Waals surface area contributed by atoms with E-state index in [0.29, 0.717) is 30.3 Å². The molecule has 1 aromatic heterocycles. The van der Waals surface area contributed by atoms with Crippen molar-refractivity contribution >= 4 is 44.6 Å². The van der Waals surface area contributed by atoms with Gasteiger partial charge in [-0.15, -0.1) is 0 Å². The van der Waals surface area contributed by atoms with Gasteiger partial charge in [-0.3, -0.25) is 0 Å². The first-order chi connectivity index (χ1) is 16.1. The van der Waals surface area contributed by atoms with Gasteiger partial charge in [0.25, 0.3) is 0 Å². The molecule has 1 aliphatic rings. The van der Waals surface area contributed by atoms with Crippen molar-refractivity contribution in [3.8, 4) is 11.3 Å². The summed E-state index contributed by atoms with van der Waals surface area (Å²) in [5.41, 5.74) is 1.36. The molecular weight excluding hydrogens is 501 g/mol. The van der Waals surface area contributed by atoms with E-state index in [0.717, 1.165) is 28.2 Å². The molecule has 9 heteroatoms. The number of ether oxygens (including phenoxy) is 1. The molecule has 0 saturated carbocycles. The second kappa shape index (κ2) is 9.55. The van der Waals surface area contributed by atoms with Gasteiger partial charge in [-0.05, 0) is 57.9 Å². The Morgan fingerprint density at radius 3 is 2.59 bits per heavy atom. The number of carbonyl (C=O) groups is 1. The Morgan fingerprint density at radius 1 is 1.21 bits per heavy atom. The van der Waals surface area contributed by atoms with E-state index >= 15 is 0 Å². The smallest absolute Gasteiger partial charge is 0.407 e. The van der Waals surface area contributed by atoms with Crippen LogP contribution >= 0.6 is 15.9 Å². The molecule has 1 amide bonds. The van der Waals surface area contributed by atoms with Crippen LogP contribution in [-0.2, 0) is 4.74 Å². The van der Waals surface area contributed by atoms with Crippen molar-refractivity contribution in [1.29, 1.82) is 0 Å². The number of nitrogens with zero attached hydrogens (tertiary/aromatic N) is 4. The van der Waals surface area contributed by atoms with Crippen LogP contribution in [0.5, 0.6) is 0 Å². The van der Waals surface area contributed by atoms with Crippen molar-refractivity contribution in [2.45, 2.75) is 45.3 Å². The van der Waals surface area contributed by atoms with Crippen LogP contribution in [0.1, 0.15) is 33.6 Å². The van der Waals surface area contributed by atoms with Crippen molar-refractivity contribution < 1.29 is 13.9 Å². The van der Waals surface area contributed by atoms with E-state index in [1.54, 1.807) is 6.07 Å². The van der Waals surface area contributed by atoms with Crippen LogP contribution in [0.25, 0.3) is 27.0 Å². The molecule has 1 saturated heterocycles. The number of piperidine rings is 1. The zero-order valence-corrected chi connectivity index (χ0v) is 20.8. The van der Waals surface area contributed by atoms with Gasteiger partial charge in [0, 0.05) is 34.6 Å². The van der Waals surface area contributed by atoms with Crippen molar-refractivity contribution in [3.63, 3.8) is 0 Å². The highest BCUT2D eigenvalue weighted by Crippen LogP contribution is 2.33. The molecule has 1 aliphatic heterocycles. The summed E-state index contributed by atoms with van der Waals surface area (Å²) in [6.07, 6.45) is 1.04. The maximum absolute atomic E-state index is 14.4. The molecule has 0 radical (unpaired) electrons. The zero-order chi connectivity index (χ0) is 24.5. The summed E-state index contributed by atoms with van der Waals surface area (Å²) >= 11 is 3.49. The monoisotopic (exact) mass is 525 g/mol. The fourth-order valence-corrected chi connectivity index (χ4v) is 4.25. The van der Waals surface area contributed by atoms with Crippen molar-refractivity contribution in [2.75, 3.05) is 18.0 Å². The molecule has 1 N–H and O–H groups in total. The summed E-state index contributed by atoms with van der Waals surface area (Å²) in [5.74, 6) is -0.0277. The number of benzene rings is 2. The Bertz CT molecular complexity index is 1280. The first kappa shape index (κ1) is 23.9. The van der Waals surface area contributed by atoms with Crippen LogP contribution in [-0.4, -0.2) is 40.8 Å². The molecule has 0 unspecified atom stereocenters. The number of nitrogens with one attached hydrogen (secondary N) is 1. The molecule has 0 atom stereocenters. The fraction of sp³-hybridized carbons (Fsp3) is 0.360. The van der Waals surface area contributed by atoms with Gasteiger partial charge in [0.2, 0.25) is 11.6 Å². The van der Waals surface area contributed by atoms with Crippen LogP contribution in [0.3, 0.4) is 0 Å². The third-order valence-corrected chi connectivity index (χ3v) is 5.98. The molecule has 2 heterocycles. The lowest BCUT2D eigenvalue weighted by atomic mass is 10.0. The van der Waals surface area contributed by atoms with Crippen molar-refractivity contribution in [3.05, 3.63) is 58.1 Å². The van der Waals surface area contributed by atoms with Crippen LogP contribution in [0.15, 0.2) is 40.9 Å². The maximum Gasteiger partial charge on any atom is 0.407 e. The second-order valence-corrected chi connectivity index (χ2v) is 10.1. The van der Waals surface area contributed by atoms with Crippen molar-refractivity contribution in [1.82, 2.24) is 15.3 Å². The quantitative estimate of drug-likeness (QED) is 0.409. The number of hydrogen-bond donors (Lipinski definition) is 1. The number of fused-ring (bicyclic) bond motifs is 1. The minimum absolute atomic E-state index is 0.0113. The highest BCUT2D eigenvalue weighted by atomic mass is 79.9. The highest BCUT2D eigenvalue weighted by Gasteiger charge is 2.25. The average Bonchev–Trinajstić information content (AvgIpc) is 2.77. The number of amides is 1. The number of halogens is 2. The molecule has 4 rings (SSSR count). The number of rotatable bonds is 3. The largest absolute Gasteiger partial charge is 0.444 e. The predicted molar refractivity (Wildman–Crippen MR) is 133 cm³/mol. The first-order valence-corrected chi connectivity index (χ1v) is 11.8. The van der Waals surface area contributed by atoms with Crippen LogP contribution < -0.4 is 10.2 Å². The number of hydrogen-bond acceptors (Lipinski definition) is 5. The summed E-state index contributed by atoms with van der Waals surface area (Å²) in [6, 6.07) is 10.2. The Morgan fingerprint density at radius 2 is 1.94 bits per heavy atom. The van der Waals surface area contributed by atoms with Gasteiger partial charge >= 0.3 is 6.09 Å². The van der Waals surface area contributed by atoms with E-state index in [1.165, 1.54) is 12.1 Å². The van der Waals surface area contributed by atoms with E-state index in [4.69, 9.17) is 21.3 Å². The SMILES string of the molecule is [C-]#[N+]c1ccc(-c2nc(N3CCC(NC(=O)OC(C)(C)C)CC3)nc3ccc(Br)cc23)cc1F. The Labute approximate surface area is 206 Å². The van der Waals surface area contributed by atoms with Crippen LogP contribution in [0.4, 0.5) is 20.8 Å². The Balaban J connectivity index is 1.60. The third kappa shape index (κ3) is 5.45. The fourth-order valence-electron chi connectivity index (χ4n) is 3.89. The standard InChI is InChI=1S/C25H25BrFN5O2/c1-25(2,3)34-24(33)29-17-9-11-32(12-10-17)23-30-20-8-6-16(26)14-18(20)22(31-23)15-5-7-21(28-4)19(27)13-15/h5-8,13-14,17H,9-12H2,1-3H3,(H,29,33). The normalized spacial score (nSPS) is 14.6. The second-order valence-electron chi connectivity index (χ2n) is 9.22. The molecule has 0 aliphatic carbocycles. The van der Waals surface area contributed by atoms with E-state index in [9.17, 15) is 9.18 Å². The van der Waals surface area contributed by atoms with Gasteiger partial charge in [-0.2, -0.15) is 0 Å². The summed E-state index contributed by atoms with van der Waals surface area (Å²) in [5, 5.41) is 3.72. The minimum Gasteiger partial charge on any atom is -0.444 e. The van der Waals surface area contributed by atoms with Gasteiger partial charge in [-0.1, -0.05) is 28.1 Å². The van der Waals surface area contributed by atoms with E-state index in [2.05, 4.69) is 31.0 Å². The summed E-state index contributed by atoms with van der Waals surface area (Å²) in [6.45, 7) is 13.9. The lowest BCUT2D eigenvalue weighted by Crippen LogP contribution is -2.46. The van der Waals surface area contributed by atoms with Gasteiger partial charge < -0.3 is 15.0 Å². The summed E-state index contributed by atoms with van der Waals surface area (Å²) < 4.78 is 20.6. The Hall–Kier alpha value is -3.25. The van der Waals surface area contributed by atoms with Crippen molar-refractivity contribution in [2.24, 2.45) is 0 Å². The van der Waals surface area contributed by atoms with E-state index in [-0.39, 0.29) is 11.7 Å². The van der Waals surface area contributed by atoms with Gasteiger partial charge in [0.15, 0.2) is 0 Å². The molecule has 176 valence electrons. The maximum atomic E-state index is 14.4. The molecule has 0 bridgehead atoms. The lowest BCUT2D eigenvalue weighted by Gasteiger charge is -2.33. The van der Waals surface area contributed by atoms with Crippen LogP contribution in [0, 0.1) is 12.4 Å². The molecule has 34 heavy (non-hydrogen) atoms. The zero-order valence-electron chi connectivity index (χ0n) is 19.2. The third-order valence-electron chi connectivity index (χ3n) is 5.49. The highest BCUT2D eigenvalue weighted by molar-refractivity contribution is 9.10. The molecule has 3 aromatic rings. The molecule has 0 spiro atoms. The number of anilines is 1. The number of carbonyl (C=O) groups excluding carboxylic acids is 1. The summed E-state index contributed by atoms with van der Waals surface area (Å²) in [7, 11) is 0. The molecule has 1 fully saturated rings. The number of alkyl carbamates (subject to hydrolysis) is 1. The van der Waals surface area contributed by atoms with Crippen LogP contribution in [0.2, 0.25) is 0 Å². The molecule has 7 nitrogen and oxygen atoms in total. The van der Waals surface area contributed by atoms with E-state index in [1.807, 2.05) is 39.0 Å². The van der Waals surface area contributed by atoms with Gasteiger partial charge in [-0.25, -0.2) is 24.0 Å². The molecule has 2 aromatic carbocycles. The van der Waals surface area contributed by atoms with E-state index < -0.39 is 17.5 Å². The summed E-state index contributed by atoms with van der Waals surface area (Å²) in [4.78, 5) is 26.9. The topological polar surface area (TPSA) is 71.7 Å². The minimum atomic E-state index is -0.579. The van der Waals surface area contributed by atoms with Gasteiger partial charge in [0.05, 0.1) is 17.8 Å². The predicted octanol–water partition coefficient (Wildman–Crippen LogP) is 6.24. The number of aromatic nitrogens is 2. The molecular formula is C25H25BrFN5O2. The lowest BCUT2D eigenvalue weighted by molar-refractivity contribution is 0.0497. The average molecular weight is 526 g/mol.